The third-order valence-electron chi connectivity index (χ3n) is 9.64. The van der Waals surface area contributed by atoms with Crippen LogP contribution in [0, 0.1) is 0 Å². The van der Waals surface area contributed by atoms with Crippen molar-refractivity contribution in [3.05, 3.63) is 163 Å². The molecule has 0 N–H and O–H groups in total. The number of para-hydroxylation sites is 1. The lowest BCUT2D eigenvalue weighted by atomic mass is 9.82. The number of anilines is 3. The minimum Gasteiger partial charge on any atom is -0.310 e. The summed E-state index contributed by atoms with van der Waals surface area (Å²) in [5.74, 6) is 0. The van der Waals surface area contributed by atoms with Crippen LogP contribution >= 0.6 is 11.3 Å². The van der Waals surface area contributed by atoms with E-state index in [-0.39, 0.29) is 5.41 Å². The Bertz CT molecular complexity index is 2410. The molecule has 0 unspecified atom stereocenters. The third-order valence-corrected chi connectivity index (χ3v) is 10.9. The Morgan fingerprint density at radius 1 is 0.467 bits per heavy atom. The molecule has 2 heteroatoms. The Balaban J connectivity index is 1.16. The largest absolute Gasteiger partial charge is 0.310 e. The molecular weight excluding hydrogens is 563 g/mol. The summed E-state index contributed by atoms with van der Waals surface area (Å²) in [5.41, 5.74) is 11.4. The summed E-state index contributed by atoms with van der Waals surface area (Å²) in [4.78, 5) is 2.39. The highest BCUT2D eigenvalue weighted by Gasteiger charge is 2.35. The van der Waals surface area contributed by atoms with Crippen molar-refractivity contribution in [1.82, 2.24) is 0 Å². The Morgan fingerprint density at radius 3 is 2.04 bits per heavy atom. The molecule has 45 heavy (non-hydrogen) atoms. The van der Waals surface area contributed by atoms with Gasteiger partial charge >= 0.3 is 0 Å². The molecule has 1 aromatic heterocycles. The van der Waals surface area contributed by atoms with E-state index in [0.29, 0.717) is 0 Å². The van der Waals surface area contributed by atoms with E-state index in [1.807, 2.05) is 11.3 Å². The number of rotatable bonds is 4. The van der Waals surface area contributed by atoms with Gasteiger partial charge in [-0.1, -0.05) is 117 Å². The maximum absolute atomic E-state index is 2.40. The molecule has 1 heterocycles. The van der Waals surface area contributed by atoms with Crippen molar-refractivity contribution in [3.63, 3.8) is 0 Å². The minimum atomic E-state index is -0.0542. The van der Waals surface area contributed by atoms with Crippen LogP contribution < -0.4 is 4.90 Å². The van der Waals surface area contributed by atoms with Crippen LogP contribution in [0.1, 0.15) is 25.0 Å². The van der Waals surface area contributed by atoms with E-state index in [1.54, 1.807) is 0 Å². The van der Waals surface area contributed by atoms with Crippen molar-refractivity contribution in [3.8, 4) is 22.3 Å². The first-order valence-electron chi connectivity index (χ1n) is 15.6. The molecule has 0 atom stereocenters. The van der Waals surface area contributed by atoms with Crippen molar-refractivity contribution in [2.45, 2.75) is 19.3 Å². The molecule has 0 fully saturated rings. The molecule has 1 nitrogen and oxygen atoms in total. The quantitative estimate of drug-likeness (QED) is 0.196. The number of nitrogens with zero attached hydrogens (tertiary/aromatic N) is 1. The second-order valence-electron chi connectivity index (χ2n) is 12.6. The Kier molecular flexibility index (Phi) is 5.78. The third kappa shape index (κ3) is 4.06. The van der Waals surface area contributed by atoms with Gasteiger partial charge in [-0.15, -0.1) is 11.3 Å². The summed E-state index contributed by atoms with van der Waals surface area (Å²) < 4.78 is 2.69. The first-order valence-corrected chi connectivity index (χ1v) is 16.4. The average molecular weight is 594 g/mol. The number of thiophene rings is 1. The van der Waals surface area contributed by atoms with Crippen LogP contribution in [0.3, 0.4) is 0 Å². The van der Waals surface area contributed by atoms with Gasteiger partial charge in [-0.05, 0) is 92.7 Å². The van der Waals surface area contributed by atoms with Crippen molar-refractivity contribution in [2.75, 3.05) is 4.90 Å². The fourth-order valence-corrected chi connectivity index (χ4v) is 8.61. The average Bonchev–Trinajstić information content (AvgIpc) is 3.57. The van der Waals surface area contributed by atoms with Crippen LogP contribution in [0.4, 0.5) is 17.1 Å². The van der Waals surface area contributed by atoms with Crippen molar-refractivity contribution >= 4 is 59.3 Å². The van der Waals surface area contributed by atoms with Crippen LogP contribution in [0.15, 0.2) is 152 Å². The summed E-state index contributed by atoms with van der Waals surface area (Å²) in [6.07, 6.45) is 0. The van der Waals surface area contributed by atoms with Gasteiger partial charge in [0, 0.05) is 42.6 Å². The van der Waals surface area contributed by atoms with Gasteiger partial charge < -0.3 is 4.90 Å². The first-order chi connectivity index (χ1) is 22.1. The van der Waals surface area contributed by atoms with Crippen LogP contribution in [-0.4, -0.2) is 0 Å². The molecule has 8 aromatic rings. The highest BCUT2D eigenvalue weighted by atomic mass is 32.1. The topological polar surface area (TPSA) is 3.24 Å². The molecule has 0 spiro atoms. The zero-order valence-electron chi connectivity index (χ0n) is 25.3. The smallest absolute Gasteiger partial charge is 0.0468 e. The maximum atomic E-state index is 2.40. The van der Waals surface area contributed by atoms with Crippen molar-refractivity contribution in [1.29, 1.82) is 0 Å². The zero-order valence-corrected chi connectivity index (χ0v) is 26.1. The normalized spacial score (nSPS) is 13.3. The first kappa shape index (κ1) is 26.2. The fourth-order valence-electron chi connectivity index (χ4n) is 7.37. The van der Waals surface area contributed by atoms with E-state index in [4.69, 9.17) is 0 Å². The SMILES string of the molecule is CC1(C)c2ccccc2-c2ccc(N(c3ccccc3)c3ccc4cc(-c5cccc6c5sc5ccccc56)ccc4c3)cc21. The molecule has 9 rings (SSSR count). The summed E-state index contributed by atoms with van der Waals surface area (Å²) in [6.45, 7) is 4.70. The lowest BCUT2D eigenvalue weighted by Crippen LogP contribution is -2.16. The van der Waals surface area contributed by atoms with Crippen LogP contribution in [0.25, 0.3) is 53.2 Å². The molecule has 0 radical (unpaired) electrons. The molecule has 1 aliphatic carbocycles. The summed E-state index contributed by atoms with van der Waals surface area (Å²) >= 11 is 1.89. The van der Waals surface area contributed by atoms with Crippen molar-refractivity contribution in [2.24, 2.45) is 0 Å². The van der Waals surface area contributed by atoms with E-state index < -0.39 is 0 Å². The molecule has 214 valence electrons. The van der Waals surface area contributed by atoms with Gasteiger partial charge in [0.2, 0.25) is 0 Å². The van der Waals surface area contributed by atoms with E-state index in [2.05, 4.69) is 170 Å². The summed E-state index contributed by atoms with van der Waals surface area (Å²) in [7, 11) is 0. The highest BCUT2D eigenvalue weighted by Crippen LogP contribution is 2.50. The number of hydrogen-bond donors (Lipinski definition) is 0. The van der Waals surface area contributed by atoms with Crippen LogP contribution in [0.5, 0.6) is 0 Å². The van der Waals surface area contributed by atoms with Gasteiger partial charge in [0.1, 0.15) is 0 Å². The Morgan fingerprint density at radius 2 is 1.13 bits per heavy atom. The maximum Gasteiger partial charge on any atom is 0.0468 e. The van der Waals surface area contributed by atoms with Gasteiger partial charge in [0.25, 0.3) is 0 Å². The number of benzene rings is 7. The lowest BCUT2D eigenvalue weighted by molar-refractivity contribution is 0.660. The van der Waals surface area contributed by atoms with Gasteiger partial charge in [-0.2, -0.15) is 0 Å². The molecule has 7 aromatic carbocycles. The van der Waals surface area contributed by atoms with Crippen LogP contribution in [0.2, 0.25) is 0 Å². The van der Waals surface area contributed by atoms with Gasteiger partial charge in [-0.25, -0.2) is 0 Å². The van der Waals surface area contributed by atoms with E-state index in [0.717, 1.165) is 11.4 Å². The second-order valence-corrected chi connectivity index (χ2v) is 13.7. The van der Waals surface area contributed by atoms with E-state index >= 15 is 0 Å². The van der Waals surface area contributed by atoms with E-state index in [1.165, 1.54) is 70.0 Å². The zero-order chi connectivity index (χ0) is 30.1. The number of hydrogen-bond acceptors (Lipinski definition) is 2. The summed E-state index contributed by atoms with van der Waals surface area (Å²) in [5, 5.41) is 5.15. The van der Waals surface area contributed by atoms with Crippen molar-refractivity contribution < 1.29 is 0 Å². The summed E-state index contributed by atoms with van der Waals surface area (Å²) in [6, 6.07) is 55.8. The van der Waals surface area contributed by atoms with Crippen LogP contribution in [-0.2, 0) is 5.41 Å². The molecule has 0 bridgehead atoms. The molecular formula is C43H31NS. The predicted molar refractivity (Wildman–Crippen MR) is 195 cm³/mol. The van der Waals surface area contributed by atoms with Gasteiger partial charge in [0.15, 0.2) is 0 Å². The lowest BCUT2D eigenvalue weighted by Gasteiger charge is -2.28. The molecule has 1 aliphatic rings. The van der Waals surface area contributed by atoms with Gasteiger partial charge in [-0.3, -0.25) is 0 Å². The predicted octanol–water partition coefficient (Wildman–Crippen LogP) is 12.7. The molecule has 0 saturated heterocycles. The minimum absolute atomic E-state index is 0.0542. The fraction of sp³-hybridized carbons (Fsp3) is 0.0698. The highest BCUT2D eigenvalue weighted by molar-refractivity contribution is 7.26. The molecule has 0 aliphatic heterocycles. The molecule has 0 saturated carbocycles. The molecule has 0 amide bonds. The van der Waals surface area contributed by atoms with Gasteiger partial charge in [0.05, 0.1) is 0 Å². The number of fused-ring (bicyclic) bond motifs is 7. The van der Waals surface area contributed by atoms with E-state index in [9.17, 15) is 0 Å². The second kappa shape index (κ2) is 9.92. The monoisotopic (exact) mass is 593 g/mol. The Labute approximate surface area is 267 Å². The Hall–Kier alpha value is -5.18. The standard InChI is InChI=1S/C43H31NS/c1-43(2)39-17-8-6-13-35(39)36-24-23-33(27-40(36)43)44(31-11-4-3-5-12-31)32-22-21-28-25-30(20-19-29(28)26-32)34-15-10-16-38-37-14-7-9-18-41(37)45-42(34)38/h3-27H,1-2H3.